The number of hydrogen-bond donors (Lipinski definition) is 0. The van der Waals surface area contributed by atoms with E-state index < -0.39 is 0 Å². The standard InChI is InChI=1S/C15H10BrCl2FN2/c1-8-10(18)3-2-4-13(8)21-14-6-11(19)9(16)5-12(14)20-15(21)7-17/h2-6H,7H2,1H3. The van der Waals surface area contributed by atoms with Crippen LogP contribution in [-0.2, 0) is 5.88 Å². The number of rotatable bonds is 2. The molecule has 3 aromatic rings. The van der Waals surface area contributed by atoms with Gasteiger partial charge in [0.1, 0.15) is 11.6 Å². The number of benzene rings is 2. The Bertz CT molecular complexity index is 845. The van der Waals surface area contributed by atoms with E-state index in [1.165, 1.54) is 6.07 Å². The van der Waals surface area contributed by atoms with E-state index in [-0.39, 0.29) is 11.7 Å². The molecule has 0 bridgehead atoms. The van der Waals surface area contributed by atoms with Gasteiger partial charge in [-0.15, -0.1) is 11.6 Å². The molecule has 21 heavy (non-hydrogen) atoms. The normalized spacial score (nSPS) is 11.3. The molecule has 0 atom stereocenters. The van der Waals surface area contributed by atoms with Gasteiger partial charge >= 0.3 is 0 Å². The minimum absolute atomic E-state index is 0.222. The summed E-state index contributed by atoms with van der Waals surface area (Å²) in [6.45, 7) is 1.91. The van der Waals surface area contributed by atoms with E-state index in [4.69, 9.17) is 23.2 Å². The first-order valence-corrected chi connectivity index (χ1v) is 7.91. The lowest BCUT2D eigenvalue weighted by atomic mass is 10.2. The quantitative estimate of drug-likeness (QED) is 0.521. The van der Waals surface area contributed by atoms with Crippen molar-refractivity contribution in [3.8, 4) is 5.69 Å². The zero-order chi connectivity index (χ0) is 15.1. The van der Waals surface area contributed by atoms with Crippen LogP contribution in [0.15, 0.2) is 34.8 Å². The van der Waals surface area contributed by atoms with Crippen molar-refractivity contribution < 1.29 is 4.39 Å². The van der Waals surface area contributed by atoms with Crippen molar-refractivity contribution in [3.63, 3.8) is 0 Å². The molecular formula is C15H10BrCl2FN2. The zero-order valence-electron chi connectivity index (χ0n) is 11.0. The van der Waals surface area contributed by atoms with Crippen molar-refractivity contribution in [1.29, 1.82) is 0 Å². The van der Waals surface area contributed by atoms with Crippen LogP contribution in [0, 0.1) is 12.7 Å². The van der Waals surface area contributed by atoms with Gasteiger partial charge in [0, 0.05) is 11.1 Å². The van der Waals surface area contributed by atoms with Crippen molar-refractivity contribution in [2.24, 2.45) is 0 Å². The van der Waals surface area contributed by atoms with E-state index in [0.717, 1.165) is 11.3 Å². The maximum atomic E-state index is 13.9. The van der Waals surface area contributed by atoms with Crippen LogP contribution < -0.4 is 0 Å². The summed E-state index contributed by atoms with van der Waals surface area (Å²) in [7, 11) is 0. The highest BCUT2D eigenvalue weighted by Gasteiger charge is 2.16. The smallest absolute Gasteiger partial charge is 0.139 e. The molecule has 0 saturated carbocycles. The second-order valence-electron chi connectivity index (χ2n) is 4.64. The Hall–Kier alpha value is -1.10. The molecular weight excluding hydrogens is 378 g/mol. The Morgan fingerprint density at radius 3 is 2.81 bits per heavy atom. The summed E-state index contributed by atoms with van der Waals surface area (Å²) in [5.74, 6) is 0.527. The predicted octanol–water partition coefficient (Wildman–Crippen LogP) is 5.63. The Labute approximate surface area is 139 Å². The molecule has 0 spiro atoms. The number of aromatic nitrogens is 2. The number of hydrogen-bond acceptors (Lipinski definition) is 1. The van der Waals surface area contributed by atoms with Gasteiger partial charge in [0.05, 0.1) is 27.1 Å². The topological polar surface area (TPSA) is 17.8 Å². The van der Waals surface area contributed by atoms with Gasteiger partial charge in [0.15, 0.2) is 0 Å². The van der Waals surface area contributed by atoms with E-state index in [1.807, 2.05) is 29.7 Å². The first-order valence-electron chi connectivity index (χ1n) is 6.20. The van der Waals surface area contributed by atoms with Gasteiger partial charge in [0.25, 0.3) is 0 Å². The summed E-state index contributed by atoms with van der Waals surface area (Å²) < 4.78 is 16.1. The number of halogens is 4. The summed E-state index contributed by atoms with van der Waals surface area (Å²) in [5.41, 5.74) is 3.09. The monoisotopic (exact) mass is 386 g/mol. The largest absolute Gasteiger partial charge is 0.295 e. The molecule has 2 nitrogen and oxygen atoms in total. The van der Waals surface area contributed by atoms with Crippen molar-refractivity contribution in [1.82, 2.24) is 9.55 Å². The minimum Gasteiger partial charge on any atom is -0.295 e. The lowest BCUT2D eigenvalue weighted by Gasteiger charge is -2.12. The van der Waals surface area contributed by atoms with Crippen LogP contribution in [0.2, 0.25) is 5.02 Å². The SMILES string of the molecule is Cc1c(Cl)cccc1-n1c(CCl)nc2cc(Br)c(F)cc21. The molecule has 0 N–H and O–H groups in total. The second-order valence-corrected chi connectivity index (χ2v) is 6.16. The predicted molar refractivity (Wildman–Crippen MR) is 88.0 cm³/mol. The Balaban J connectivity index is 2.40. The third-order valence-electron chi connectivity index (χ3n) is 3.37. The first kappa shape index (κ1) is 14.8. The summed E-state index contributed by atoms with van der Waals surface area (Å²) in [6.07, 6.45) is 0. The summed E-state index contributed by atoms with van der Waals surface area (Å²) in [5, 5.41) is 0.646. The molecule has 0 aliphatic rings. The molecule has 0 unspecified atom stereocenters. The van der Waals surface area contributed by atoms with Crippen LogP contribution in [0.5, 0.6) is 0 Å². The lowest BCUT2D eigenvalue weighted by molar-refractivity contribution is 0.622. The van der Waals surface area contributed by atoms with Crippen molar-refractivity contribution in [3.05, 3.63) is 57.0 Å². The van der Waals surface area contributed by atoms with Gasteiger partial charge in [0.2, 0.25) is 0 Å². The molecule has 0 fully saturated rings. The van der Waals surface area contributed by atoms with Crippen LogP contribution in [0.1, 0.15) is 11.4 Å². The molecule has 1 aromatic heterocycles. The molecule has 1 heterocycles. The highest BCUT2D eigenvalue weighted by atomic mass is 79.9. The van der Waals surface area contributed by atoms with Gasteiger partial charge < -0.3 is 0 Å². The summed E-state index contributed by atoms with van der Waals surface area (Å²) in [6, 6.07) is 8.68. The van der Waals surface area contributed by atoms with Crippen LogP contribution in [-0.4, -0.2) is 9.55 Å². The van der Waals surface area contributed by atoms with Crippen LogP contribution in [0.3, 0.4) is 0 Å². The molecule has 3 rings (SSSR count). The lowest BCUT2D eigenvalue weighted by Crippen LogP contribution is -2.02. The number of alkyl halides is 1. The van der Waals surface area contributed by atoms with E-state index in [1.54, 1.807) is 6.07 Å². The summed E-state index contributed by atoms with van der Waals surface area (Å²) in [4.78, 5) is 4.47. The van der Waals surface area contributed by atoms with Crippen LogP contribution >= 0.6 is 39.1 Å². The van der Waals surface area contributed by atoms with Gasteiger partial charge in [-0.1, -0.05) is 17.7 Å². The average molecular weight is 388 g/mol. The zero-order valence-corrected chi connectivity index (χ0v) is 14.1. The second kappa shape index (κ2) is 5.59. The number of nitrogens with zero attached hydrogens (tertiary/aromatic N) is 2. The fourth-order valence-corrected chi connectivity index (χ4v) is 3.00. The molecule has 0 aliphatic carbocycles. The molecule has 6 heteroatoms. The minimum atomic E-state index is -0.343. The fraction of sp³-hybridized carbons (Fsp3) is 0.133. The Kier molecular flexibility index (Phi) is 3.95. The summed E-state index contributed by atoms with van der Waals surface area (Å²) >= 11 is 15.4. The maximum absolute atomic E-state index is 13.9. The average Bonchev–Trinajstić information content (AvgIpc) is 2.80. The Morgan fingerprint density at radius 1 is 1.33 bits per heavy atom. The fourth-order valence-electron chi connectivity index (χ4n) is 2.32. The van der Waals surface area contributed by atoms with Gasteiger partial charge in [-0.25, -0.2) is 9.37 Å². The number of imidazole rings is 1. The van der Waals surface area contributed by atoms with Crippen molar-refractivity contribution in [2.45, 2.75) is 12.8 Å². The highest BCUT2D eigenvalue weighted by Crippen LogP contribution is 2.30. The highest BCUT2D eigenvalue weighted by molar-refractivity contribution is 9.10. The Morgan fingerprint density at radius 2 is 2.10 bits per heavy atom. The van der Waals surface area contributed by atoms with Crippen molar-refractivity contribution >= 4 is 50.2 Å². The van der Waals surface area contributed by atoms with Gasteiger partial charge in [-0.05, 0) is 46.6 Å². The van der Waals surface area contributed by atoms with E-state index >= 15 is 0 Å². The van der Waals surface area contributed by atoms with Crippen molar-refractivity contribution in [2.75, 3.05) is 0 Å². The molecule has 2 aromatic carbocycles. The number of fused-ring (bicyclic) bond motifs is 1. The molecule has 0 radical (unpaired) electrons. The van der Waals surface area contributed by atoms with E-state index in [9.17, 15) is 4.39 Å². The van der Waals surface area contributed by atoms with Crippen LogP contribution in [0.25, 0.3) is 16.7 Å². The molecule has 108 valence electrons. The van der Waals surface area contributed by atoms with E-state index in [2.05, 4.69) is 20.9 Å². The third-order valence-corrected chi connectivity index (χ3v) is 4.62. The third kappa shape index (κ3) is 2.45. The van der Waals surface area contributed by atoms with E-state index in [0.29, 0.717) is 26.4 Å². The molecule has 0 saturated heterocycles. The van der Waals surface area contributed by atoms with Gasteiger partial charge in [-0.2, -0.15) is 0 Å². The molecule has 0 amide bonds. The van der Waals surface area contributed by atoms with Crippen LogP contribution in [0.4, 0.5) is 4.39 Å². The van der Waals surface area contributed by atoms with Gasteiger partial charge in [-0.3, -0.25) is 4.57 Å². The maximum Gasteiger partial charge on any atom is 0.139 e. The first-order chi connectivity index (χ1) is 10.0. The molecule has 0 aliphatic heterocycles.